The Labute approximate surface area is 150 Å². The van der Waals surface area contributed by atoms with E-state index in [1.165, 1.54) is 25.7 Å². The van der Waals surface area contributed by atoms with Crippen LogP contribution in [0.3, 0.4) is 0 Å². The molecule has 1 saturated heterocycles. The normalized spacial score (nSPS) is 30.6. The van der Waals surface area contributed by atoms with Crippen LogP contribution in [0.5, 0.6) is 0 Å². The highest BCUT2D eigenvalue weighted by Crippen LogP contribution is 2.42. The van der Waals surface area contributed by atoms with E-state index in [9.17, 15) is 0 Å². The second-order valence-corrected chi connectivity index (χ2v) is 7.99. The predicted octanol–water partition coefficient (Wildman–Crippen LogP) is 4.77. The van der Waals surface area contributed by atoms with E-state index in [-0.39, 0.29) is 12.0 Å². The Kier molecular flexibility index (Phi) is 4.68. The molecule has 2 aliphatic rings. The molecular weight excluding hydrogens is 370 g/mol. The second-order valence-electron chi connectivity index (χ2n) is 7.07. The highest BCUT2D eigenvalue weighted by molar-refractivity contribution is 9.10. The van der Waals surface area contributed by atoms with E-state index in [0.29, 0.717) is 18.4 Å². The van der Waals surface area contributed by atoms with Gasteiger partial charge in [-0.05, 0) is 47.2 Å². The molecule has 1 aliphatic heterocycles. The number of pyridine rings is 1. The molecule has 4 rings (SSSR count). The molecule has 2 aromatic rings. The molecule has 0 aromatic carbocycles. The molecule has 2 fully saturated rings. The molecule has 1 aliphatic carbocycles. The molecule has 128 valence electrons. The predicted molar refractivity (Wildman–Crippen MR) is 92.7 cm³/mol. The highest BCUT2D eigenvalue weighted by atomic mass is 79.9. The smallest absolute Gasteiger partial charge is 0.232 e. The minimum absolute atomic E-state index is 0.0605. The fourth-order valence-electron chi connectivity index (χ4n) is 3.84. The van der Waals surface area contributed by atoms with Crippen LogP contribution in [0.4, 0.5) is 0 Å². The zero-order valence-electron chi connectivity index (χ0n) is 13.8. The molecule has 0 N–H and O–H groups in total. The molecule has 2 aromatic heterocycles. The number of rotatable bonds is 3. The minimum atomic E-state index is -0.0605. The van der Waals surface area contributed by atoms with Crippen molar-refractivity contribution in [3.8, 4) is 0 Å². The Hall–Kier alpha value is -1.27. The van der Waals surface area contributed by atoms with Crippen molar-refractivity contribution in [3.63, 3.8) is 0 Å². The summed E-state index contributed by atoms with van der Waals surface area (Å²) in [7, 11) is 0. The van der Waals surface area contributed by atoms with Crippen LogP contribution in [-0.2, 0) is 4.74 Å². The van der Waals surface area contributed by atoms with Gasteiger partial charge >= 0.3 is 0 Å². The van der Waals surface area contributed by atoms with Crippen LogP contribution in [0.1, 0.15) is 74.2 Å². The summed E-state index contributed by atoms with van der Waals surface area (Å²) < 4.78 is 12.5. The lowest BCUT2D eigenvalue weighted by Crippen LogP contribution is -2.12. The largest absolute Gasteiger partial charge is 0.373 e. The third kappa shape index (κ3) is 3.26. The van der Waals surface area contributed by atoms with Crippen molar-refractivity contribution in [2.45, 2.75) is 57.0 Å². The maximum atomic E-state index is 5.94. The topological polar surface area (TPSA) is 61.0 Å². The third-order valence-electron chi connectivity index (χ3n) is 5.30. The van der Waals surface area contributed by atoms with Crippen molar-refractivity contribution in [1.29, 1.82) is 0 Å². The van der Waals surface area contributed by atoms with Crippen molar-refractivity contribution >= 4 is 15.9 Å². The maximum Gasteiger partial charge on any atom is 0.232 e. The van der Waals surface area contributed by atoms with Gasteiger partial charge in [0.15, 0.2) is 5.82 Å². The van der Waals surface area contributed by atoms with Gasteiger partial charge in [-0.3, -0.25) is 4.98 Å². The molecule has 0 unspecified atom stereocenters. The molecular formula is C18H22BrN3O2. The molecule has 6 heteroatoms. The first kappa shape index (κ1) is 16.2. The summed E-state index contributed by atoms with van der Waals surface area (Å²) >= 11 is 3.48. The average molecular weight is 392 g/mol. The Morgan fingerprint density at radius 1 is 1.12 bits per heavy atom. The summed E-state index contributed by atoms with van der Waals surface area (Å²) in [5, 5.41) is 4.29. The Morgan fingerprint density at radius 2 is 1.96 bits per heavy atom. The number of hydrogen-bond acceptors (Lipinski definition) is 5. The van der Waals surface area contributed by atoms with E-state index < -0.39 is 0 Å². The van der Waals surface area contributed by atoms with Gasteiger partial charge in [0.1, 0.15) is 0 Å². The lowest BCUT2D eigenvalue weighted by atomic mass is 9.83. The van der Waals surface area contributed by atoms with E-state index in [4.69, 9.17) is 14.2 Å². The van der Waals surface area contributed by atoms with Crippen LogP contribution in [0.25, 0.3) is 0 Å². The van der Waals surface area contributed by atoms with E-state index in [2.05, 4.69) is 39.1 Å². The van der Waals surface area contributed by atoms with Crippen LogP contribution in [0.2, 0.25) is 0 Å². The summed E-state index contributed by atoms with van der Waals surface area (Å²) in [5.41, 5.74) is 1.05. The first-order valence-corrected chi connectivity index (χ1v) is 9.55. The second kappa shape index (κ2) is 6.92. The zero-order valence-corrected chi connectivity index (χ0v) is 15.4. The van der Waals surface area contributed by atoms with Crippen molar-refractivity contribution in [1.82, 2.24) is 15.1 Å². The molecule has 1 saturated carbocycles. The Balaban J connectivity index is 1.53. The fraction of sp³-hybridized carbons (Fsp3) is 0.611. The van der Waals surface area contributed by atoms with Gasteiger partial charge in [0.2, 0.25) is 5.89 Å². The molecule has 0 spiro atoms. The summed E-state index contributed by atoms with van der Waals surface area (Å²) in [5.74, 6) is 2.99. The van der Waals surface area contributed by atoms with E-state index in [1.807, 2.05) is 6.20 Å². The van der Waals surface area contributed by atoms with Gasteiger partial charge in [-0.2, -0.15) is 4.98 Å². The fourth-order valence-corrected chi connectivity index (χ4v) is 4.22. The van der Waals surface area contributed by atoms with Crippen molar-refractivity contribution in [2.24, 2.45) is 5.92 Å². The van der Waals surface area contributed by atoms with Crippen LogP contribution in [0.15, 0.2) is 27.5 Å². The molecule has 2 atom stereocenters. The van der Waals surface area contributed by atoms with Gasteiger partial charge in [-0.15, -0.1) is 0 Å². The van der Waals surface area contributed by atoms with Gasteiger partial charge in [-0.1, -0.05) is 24.9 Å². The molecule has 3 heterocycles. The van der Waals surface area contributed by atoms with Crippen LogP contribution in [0, 0.1) is 5.92 Å². The zero-order chi connectivity index (χ0) is 16.5. The van der Waals surface area contributed by atoms with Crippen LogP contribution >= 0.6 is 15.9 Å². The first-order valence-electron chi connectivity index (χ1n) is 8.76. The number of hydrogen-bond donors (Lipinski definition) is 0. The first-order chi connectivity index (χ1) is 11.7. The molecule has 0 radical (unpaired) electrons. The molecule has 24 heavy (non-hydrogen) atoms. The SMILES string of the molecule is CC1CCC(c2noc([C@H]3CCO[C@@H]3c3cncc(Br)c3)n2)CC1. The molecule has 0 bridgehead atoms. The third-order valence-corrected chi connectivity index (χ3v) is 5.74. The number of halogens is 1. The summed E-state index contributed by atoms with van der Waals surface area (Å²) in [6, 6.07) is 2.05. The average Bonchev–Trinajstić information content (AvgIpc) is 3.24. The maximum absolute atomic E-state index is 5.94. The van der Waals surface area contributed by atoms with Gasteiger partial charge in [0, 0.05) is 35.0 Å². The Bertz CT molecular complexity index is 697. The van der Waals surface area contributed by atoms with Crippen molar-refractivity contribution < 1.29 is 9.26 Å². The number of aromatic nitrogens is 3. The van der Waals surface area contributed by atoms with E-state index in [0.717, 1.165) is 28.2 Å². The Morgan fingerprint density at radius 3 is 2.75 bits per heavy atom. The molecule has 5 nitrogen and oxygen atoms in total. The minimum Gasteiger partial charge on any atom is -0.373 e. The standard InChI is InChI=1S/C18H22BrN3O2/c1-11-2-4-12(5-3-11)17-21-18(24-22-17)15-6-7-23-16(15)13-8-14(19)10-20-9-13/h8-12,15-16H,2-7H2,1H3/t11?,12?,15-,16+/m0/s1. The van der Waals surface area contributed by atoms with Gasteiger partial charge in [-0.25, -0.2) is 0 Å². The van der Waals surface area contributed by atoms with Crippen LogP contribution in [-0.4, -0.2) is 21.7 Å². The highest BCUT2D eigenvalue weighted by Gasteiger charge is 2.36. The number of nitrogens with zero attached hydrogens (tertiary/aromatic N) is 3. The van der Waals surface area contributed by atoms with Gasteiger partial charge < -0.3 is 9.26 Å². The number of ether oxygens (including phenoxy) is 1. The van der Waals surface area contributed by atoms with Crippen molar-refractivity contribution in [2.75, 3.05) is 6.61 Å². The van der Waals surface area contributed by atoms with Gasteiger partial charge in [0.25, 0.3) is 0 Å². The van der Waals surface area contributed by atoms with E-state index in [1.54, 1.807) is 6.20 Å². The summed E-state index contributed by atoms with van der Waals surface area (Å²) in [6.45, 7) is 3.03. The monoisotopic (exact) mass is 391 g/mol. The quantitative estimate of drug-likeness (QED) is 0.753. The van der Waals surface area contributed by atoms with Crippen LogP contribution < -0.4 is 0 Å². The lowest BCUT2D eigenvalue weighted by molar-refractivity contribution is 0.0983. The van der Waals surface area contributed by atoms with Gasteiger partial charge in [0.05, 0.1) is 12.0 Å². The summed E-state index contributed by atoms with van der Waals surface area (Å²) in [6.07, 6.45) is 9.33. The van der Waals surface area contributed by atoms with Crippen molar-refractivity contribution in [3.05, 3.63) is 40.2 Å². The lowest BCUT2D eigenvalue weighted by Gasteiger charge is -2.23. The molecule has 0 amide bonds. The van der Waals surface area contributed by atoms with E-state index >= 15 is 0 Å². The summed E-state index contributed by atoms with van der Waals surface area (Å²) in [4.78, 5) is 9.00.